The predicted octanol–water partition coefficient (Wildman–Crippen LogP) is 4.55. The van der Waals surface area contributed by atoms with Crippen LogP contribution in [0.3, 0.4) is 0 Å². The SMILES string of the molecule is CCCCC(CC)C1CNc2c(F)cccc21. The van der Waals surface area contributed by atoms with E-state index in [2.05, 4.69) is 25.2 Å². The number of halogens is 1. The van der Waals surface area contributed by atoms with Gasteiger partial charge in [-0.2, -0.15) is 0 Å². The molecule has 1 aliphatic rings. The molecule has 0 saturated heterocycles. The fourth-order valence-corrected chi connectivity index (χ4v) is 2.94. The van der Waals surface area contributed by atoms with Gasteiger partial charge in [0, 0.05) is 12.5 Å². The van der Waals surface area contributed by atoms with Gasteiger partial charge in [-0.05, 0) is 24.0 Å². The van der Waals surface area contributed by atoms with Gasteiger partial charge in [-0.3, -0.25) is 0 Å². The van der Waals surface area contributed by atoms with E-state index < -0.39 is 0 Å². The third kappa shape index (κ3) is 2.46. The van der Waals surface area contributed by atoms with Crippen molar-refractivity contribution in [1.82, 2.24) is 0 Å². The maximum Gasteiger partial charge on any atom is 0.146 e. The van der Waals surface area contributed by atoms with Crippen molar-refractivity contribution in [3.63, 3.8) is 0 Å². The van der Waals surface area contributed by atoms with Crippen LogP contribution in [0.5, 0.6) is 0 Å². The molecule has 0 amide bonds. The summed E-state index contributed by atoms with van der Waals surface area (Å²) in [4.78, 5) is 0. The van der Waals surface area contributed by atoms with E-state index in [1.54, 1.807) is 6.07 Å². The molecule has 1 nitrogen and oxygen atoms in total. The summed E-state index contributed by atoms with van der Waals surface area (Å²) >= 11 is 0. The molecule has 0 fully saturated rings. The van der Waals surface area contributed by atoms with Crippen LogP contribution in [0.1, 0.15) is 51.0 Å². The van der Waals surface area contributed by atoms with Crippen molar-refractivity contribution >= 4 is 5.69 Å². The number of hydrogen-bond acceptors (Lipinski definition) is 1. The summed E-state index contributed by atoms with van der Waals surface area (Å²) in [6.07, 6.45) is 4.96. The average molecular weight is 235 g/mol. The number of rotatable bonds is 5. The van der Waals surface area contributed by atoms with Crippen molar-refractivity contribution < 1.29 is 4.39 Å². The second-order valence-electron chi connectivity index (χ2n) is 5.00. The molecule has 1 heterocycles. The second-order valence-corrected chi connectivity index (χ2v) is 5.00. The van der Waals surface area contributed by atoms with Gasteiger partial charge in [-0.15, -0.1) is 0 Å². The number of anilines is 1. The van der Waals surface area contributed by atoms with Crippen LogP contribution in [0.2, 0.25) is 0 Å². The second kappa shape index (κ2) is 5.52. The molecule has 0 aliphatic carbocycles. The van der Waals surface area contributed by atoms with Gasteiger partial charge in [0.15, 0.2) is 0 Å². The van der Waals surface area contributed by atoms with E-state index in [-0.39, 0.29) is 5.82 Å². The Hall–Kier alpha value is -1.05. The number of nitrogens with one attached hydrogen (secondary N) is 1. The standard InChI is InChI=1S/C15H22FN/c1-3-5-7-11(4-2)13-10-17-15-12(13)8-6-9-14(15)16/h6,8-9,11,13,17H,3-5,7,10H2,1-2H3. The summed E-state index contributed by atoms with van der Waals surface area (Å²) < 4.78 is 13.6. The molecule has 1 N–H and O–H groups in total. The van der Waals surface area contributed by atoms with Crippen molar-refractivity contribution in [2.45, 2.75) is 45.4 Å². The molecule has 0 aromatic heterocycles. The van der Waals surface area contributed by atoms with E-state index in [4.69, 9.17) is 0 Å². The Balaban J connectivity index is 2.17. The van der Waals surface area contributed by atoms with Crippen molar-refractivity contribution in [3.8, 4) is 0 Å². The highest BCUT2D eigenvalue weighted by Crippen LogP contribution is 2.40. The summed E-state index contributed by atoms with van der Waals surface area (Å²) in [7, 11) is 0. The minimum Gasteiger partial charge on any atom is -0.382 e. The van der Waals surface area contributed by atoms with Gasteiger partial charge < -0.3 is 5.32 Å². The van der Waals surface area contributed by atoms with Gasteiger partial charge in [0.1, 0.15) is 5.82 Å². The summed E-state index contributed by atoms with van der Waals surface area (Å²) in [5.41, 5.74) is 1.93. The molecular weight excluding hydrogens is 213 g/mol. The number of fused-ring (bicyclic) bond motifs is 1. The van der Waals surface area contributed by atoms with Crippen LogP contribution >= 0.6 is 0 Å². The zero-order valence-electron chi connectivity index (χ0n) is 10.8. The quantitative estimate of drug-likeness (QED) is 0.789. The smallest absolute Gasteiger partial charge is 0.146 e. The Kier molecular flexibility index (Phi) is 4.03. The Morgan fingerprint density at radius 2 is 2.24 bits per heavy atom. The highest BCUT2D eigenvalue weighted by Gasteiger charge is 2.29. The topological polar surface area (TPSA) is 12.0 Å². The maximum atomic E-state index is 13.6. The van der Waals surface area contributed by atoms with E-state index in [9.17, 15) is 4.39 Å². The number of benzene rings is 1. The highest BCUT2D eigenvalue weighted by molar-refractivity contribution is 5.58. The first kappa shape index (κ1) is 12.4. The van der Waals surface area contributed by atoms with Crippen LogP contribution in [0.15, 0.2) is 18.2 Å². The monoisotopic (exact) mass is 235 g/mol. The normalized spacial score (nSPS) is 19.8. The average Bonchev–Trinajstić information content (AvgIpc) is 2.76. The number of para-hydroxylation sites is 1. The van der Waals surface area contributed by atoms with Crippen LogP contribution in [0.4, 0.5) is 10.1 Å². The molecule has 17 heavy (non-hydrogen) atoms. The lowest BCUT2D eigenvalue weighted by atomic mass is 9.82. The first-order valence-electron chi connectivity index (χ1n) is 6.80. The van der Waals surface area contributed by atoms with Gasteiger partial charge in [0.25, 0.3) is 0 Å². The fraction of sp³-hybridized carbons (Fsp3) is 0.600. The lowest BCUT2D eigenvalue weighted by Crippen LogP contribution is -2.14. The molecule has 0 radical (unpaired) electrons. The Morgan fingerprint density at radius 1 is 1.41 bits per heavy atom. The van der Waals surface area contributed by atoms with E-state index >= 15 is 0 Å². The zero-order chi connectivity index (χ0) is 12.3. The summed E-state index contributed by atoms with van der Waals surface area (Å²) in [5.74, 6) is 1.08. The molecule has 0 spiro atoms. The van der Waals surface area contributed by atoms with Gasteiger partial charge in [-0.1, -0.05) is 45.2 Å². The predicted molar refractivity (Wildman–Crippen MR) is 70.9 cm³/mol. The molecule has 1 aromatic rings. The minimum absolute atomic E-state index is 0.102. The van der Waals surface area contributed by atoms with Crippen molar-refractivity contribution in [3.05, 3.63) is 29.6 Å². The summed E-state index contributed by atoms with van der Waals surface area (Å²) in [6.45, 7) is 5.38. The first-order chi connectivity index (χ1) is 8.27. The molecule has 2 rings (SSSR count). The van der Waals surface area contributed by atoms with Gasteiger partial charge in [0.2, 0.25) is 0 Å². The summed E-state index contributed by atoms with van der Waals surface area (Å²) in [5, 5.41) is 3.23. The fourth-order valence-electron chi connectivity index (χ4n) is 2.94. The van der Waals surface area contributed by atoms with E-state index in [1.807, 2.05) is 6.07 Å². The van der Waals surface area contributed by atoms with Crippen LogP contribution in [-0.4, -0.2) is 6.54 Å². The maximum absolute atomic E-state index is 13.6. The number of unbranched alkanes of at least 4 members (excludes halogenated alkanes) is 1. The summed E-state index contributed by atoms with van der Waals surface area (Å²) in [6, 6.07) is 5.46. The van der Waals surface area contributed by atoms with Gasteiger partial charge in [-0.25, -0.2) is 4.39 Å². The molecule has 1 aromatic carbocycles. The zero-order valence-corrected chi connectivity index (χ0v) is 10.8. The van der Waals surface area contributed by atoms with Crippen molar-refractivity contribution in [2.24, 2.45) is 5.92 Å². The van der Waals surface area contributed by atoms with Crippen LogP contribution in [0, 0.1) is 11.7 Å². The highest BCUT2D eigenvalue weighted by atomic mass is 19.1. The molecule has 2 unspecified atom stereocenters. The van der Waals surface area contributed by atoms with Gasteiger partial charge >= 0.3 is 0 Å². The van der Waals surface area contributed by atoms with E-state index in [0.29, 0.717) is 11.8 Å². The molecule has 0 saturated carbocycles. The third-order valence-corrected chi connectivity index (χ3v) is 3.97. The molecule has 2 atom stereocenters. The van der Waals surface area contributed by atoms with Crippen LogP contribution < -0.4 is 5.32 Å². The lowest BCUT2D eigenvalue weighted by molar-refractivity contribution is 0.389. The Morgan fingerprint density at radius 3 is 2.94 bits per heavy atom. The molecule has 2 heteroatoms. The number of hydrogen-bond donors (Lipinski definition) is 1. The van der Waals surface area contributed by atoms with Crippen molar-refractivity contribution in [2.75, 3.05) is 11.9 Å². The lowest BCUT2D eigenvalue weighted by Gasteiger charge is -2.22. The first-order valence-corrected chi connectivity index (χ1v) is 6.80. The minimum atomic E-state index is -0.102. The third-order valence-electron chi connectivity index (χ3n) is 3.97. The molecule has 94 valence electrons. The Bertz CT molecular complexity index is 375. The largest absolute Gasteiger partial charge is 0.382 e. The van der Waals surface area contributed by atoms with Crippen molar-refractivity contribution in [1.29, 1.82) is 0 Å². The van der Waals surface area contributed by atoms with E-state index in [0.717, 1.165) is 12.2 Å². The molecule has 1 aliphatic heterocycles. The Labute approximate surface area is 103 Å². The molecule has 0 bridgehead atoms. The van der Waals surface area contributed by atoms with E-state index in [1.165, 1.54) is 31.2 Å². The van der Waals surface area contributed by atoms with Crippen LogP contribution in [0.25, 0.3) is 0 Å². The van der Waals surface area contributed by atoms with Crippen LogP contribution in [-0.2, 0) is 0 Å². The molecular formula is C15H22FN. The van der Waals surface area contributed by atoms with Gasteiger partial charge in [0.05, 0.1) is 5.69 Å².